The molecule has 0 spiro atoms. The highest BCUT2D eigenvalue weighted by atomic mass is 19.3. The van der Waals surface area contributed by atoms with Crippen LogP contribution in [0.1, 0.15) is 26.2 Å². The van der Waals surface area contributed by atoms with Gasteiger partial charge in [-0.25, -0.2) is 8.78 Å². The van der Waals surface area contributed by atoms with E-state index in [0.29, 0.717) is 12.1 Å². The van der Waals surface area contributed by atoms with Gasteiger partial charge in [0.15, 0.2) is 0 Å². The van der Waals surface area contributed by atoms with E-state index in [1.165, 1.54) is 0 Å². The molecule has 1 N–H and O–H groups in total. The van der Waals surface area contributed by atoms with E-state index >= 15 is 0 Å². The number of ether oxygens (including phenoxy) is 1. The zero-order valence-corrected chi connectivity index (χ0v) is 8.43. The van der Waals surface area contributed by atoms with Gasteiger partial charge in [-0.3, -0.25) is 0 Å². The van der Waals surface area contributed by atoms with E-state index in [1.54, 1.807) is 0 Å². The highest BCUT2D eigenvalue weighted by Crippen LogP contribution is 2.41. The van der Waals surface area contributed by atoms with Crippen molar-refractivity contribution in [2.45, 2.75) is 44.3 Å². The highest BCUT2D eigenvalue weighted by molar-refractivity contribution is 4.88. The van der Waals surface area contributed by atoms with Gasteiger partial charge in [0.05, 0.1) is 12.7 Å². The molecular formula is C10H17F2NO. The largest absolute Gasteiger partial charge is 0.377 e. The first-order valence-electron chi connectivity index (χ1n) is 5.28. The molecule has 1 saturated carbocycles. The van der Waals surface area contributed by atoms with Gasteiger partial charge in [-0.2, -0.15) is 0 Å². The Bertz CT molecular complexity index is 202. The predicted octanol–water partition coefficient (Wildman–Crippen LogP) is 1.80. The van der Waals surface area contributed by atoms with E-state index in [2.05, 4.69) is 5.32 Å². The maximum atomic E-state index is 12.5. The summed E-state index contributed by atoms with van der Waals surface area (Å²) in [6.07, 6.45) is 1.44. The van der Waals surface area contributed by atoms with Crippen molar-refractivity contribution >= 4 is 0 Å². The van der Waals surface area contributed by atoms with Crippen molar-refractivity contribution in [3.05, 3.63) is 0 Å². The molecule has 1 saturated heterocycles. The minimum absolute atomic E-state index is 0.0587. The average molecular weight is 205 g/mol. The number of halogens is 2. The minimum Gasteiger partial charge on any atom is -0.377 e. The third kappa shape index (κ3) is 2.42. The molecule has 0 aromatic rings. The van der Waals surface area contributed by atoms with E-state index in [0.717, 1.165) is 19.6 Å². The van der Waals surface area contributed by atoms with Gasteiger partial charge in [0, 0.05) is 18.9 Å². The van der Waals surface area contributed by atoms with E-state index in [9.17, 15) is 8.78 Å². The average Bonchev–Trinajstić information content (AvgIpc) is 2.44. The van der Waals surface area contributed by atoms with Gasteiger partial charge >= 0.3 is 0 Å². The Kier molecular flexibility index (Phi) is 2.75. The van der Waals surface area contributed by atoms with E-state index in [1.807, 2.05) is 6.92 Å². The first-order chi connectivity index (χ1) is 6.55. The molecule has 82 valence electrons. The second-order valence-electron chi connectivity index (χ2n) is 4.62. The summed E-state index contributed by atoms with van der Waals surface area (Å²) in [5.74, 6) is -2.22. The predicted molar refractivity (Wildman–Crippen MR) is 49.5 cm³/mol. The Hall–Kier alpha value is -0.220. The Morgan fingerprint density at radius 3 is 2.64 bits per heavy atom. The molecule has 2 rings (SSSR count). The molecule has 1 aliphatic heterocycles. The molecule has 1 heterocycles. The van der Waals surface area contributed by atoms with E-state index in [4.69, 9.17) is 4.74 Å². The lowest BCUT2D eigenvalue weighted by atomic mass is 9.81. The van der Waals surface area contributed by atoms with Crippen LogP contribution in [0.3, 0.4) is 0 Å². The lowest BCUT2D eigenvalue weighted by molar-refractivity contribution is -0.109. The summed E-state index contributed by atoms with van der Waals surface area (Å²) in [5, 5.41) is 3.29. The second kappa shape index (κ2) is 3.74. The molecule has 0 bridgehead atoms. The second-order valence-corrected chi connectivity index (χ2v) is 4.62. The van der Waals surface area contributed by atoms with Crippen LogP contribution in [0.4, 0.5) is 8.78 Å². The third-order valence-electron chi connectivity index (χ3n) is 3.07. The lowest BCUT2D eigenvalue weighted by Crippen LogP contribution is -2.43. The van der Waals surface area contributed by atoms with Gasteiger partial charge in [0.1, 0.15) is 0 Å². The van der Waals surface area contributed by atoms with Crippen molar-refractivity contribution in [3.8, 4) is 0 Å². The molecule has 2 unspecified atom stereocenters. The summed E-state index contributed by atoms with van der Waals surface area (Å²) in [6.45, 7) is 3.49. The number of hydrogen-bond acceptors (Lipinski definition) is 2. The normalized spacial score (nSPS) is 37.1. The Morgan fingerprint density at radius 1 is 1.43 bits per heavy atom. The van der Waals surface area contributed by atoms with Crippen molar-refractivity contribution in [1.29, 1.82) is 0 Å². The van der Waals surface area contributed by atoms with Crippen molar-refractivity contribution in [3.63, 3.8) is 0 Å². The fourth-order valence-corrected chi connectivity index (χ4v) is 2.22. The number of hydrogen-bond donors (Lipinski definition) is 1. The first kappa shape index (κ1) is 10.3. The molecule has 14 heavy (non-hydrogen) atoms. The van der Waals surface area contributed by atoms with Crippen LogP contribution in [0.25, 0.3) is 0 Å². The molecule has 2 fully saturated rings. The summed E-state index contributed by atoms with van der Waals surface area (Å²) >= 11 is 0. The van der Waals surface area contributed by atoms with Crippen LogP contribution in [0, 0.1) is 5.92 Å². The monoisotopic (exact) mass is 205 g/mol. The lowest BCUT2D eigenvalue weighted by Gasteiger charge is -2.35. The van der Waals surface area contributed by atoms with Crippen LogP contribution in [0.5, 0.6) is 0 Å². The number of nitrogens with one attached hydrogen (secondary N) is 1. The van der Waals surface area contributed by atoms with Gasteiger partial charge in [-0.05, 0) is 25.8 Å². The van der Waals surface area contributed by atoms with Crippen LogP contribution >= 0.6 is 0 Å². The van der Waals surface area contributed by atoms with Gasteiger partial charge in [-0.15, -0.1) is 0 Å². The molecule has 1 aliphatic carbocycles. The van der Waals surface area contributed by atoms with Crippen LogP contribution in [0.15, 0.2) is 0 Å². The standard InChI is InChI=1S/C10H17F2NO/c1-7-2-9(6-14-7)13-5-8-3-10(11,12)4-8/h7-9,13H,2-6H2,1H3. The molecule has 2 nitrogen and oxygen atoms in total. The zero-order valence-electron chi connectivity index (χ0n) is 8.43. The molecule has 0 amide bonds. The van der Waals surface area contributed by atoms with E-state index in [-0.39, 0.29) is 18.8 Å². The van der Waals surface area contributed by atoms with Gasteiger partial charge in [-0.1, -0.05) is 0 Å². The molecule has 4 heteroatoms. The highest BCUT2D eigenvalue weighted by Gasteiger charge is 2.45. The Labute approximate surface area is 83.0 Å². The topological polar surface area (TPSA) is 21.3 Å². The molecule has 0 aromatic carbocycles. The minimum atomic E-state index is -2.38. The van der Waals surface area contributed by atoms with Gasteiger partial charge in [0.25, 0.3) is 0 Å². The maximum Gasteiger partial charge on any atom is 0.248 e. The number of rotatable bonds is 3. The maximum absolute atomic E-state index is 12.5. The van der Waals surface area contributed by atoms with Crippen LogP contribution < -0.4 is 5.32 Å². The number of alkyl halides is 2. The molecule has 0 radical (unpaired) electrons. The van der Waals surface area contributed by atoms with E-state index < -0.39 is 5.92 Å². The molecule has 2 aliphatic rings. The zero-order chi connectivity index (χ0) is 10.2. The molecule has 0 aromatic heterocycles. The van der Waals surface area contributed by atoms with Crippen molar-refractivity contribution < 1.29 is 13.5 Å². The summed E-state index contributed by atoms with van der Waals surface area (Å²) in [5.41, 5.74) is 0. The van der Waals surface area contributed by atoms with Crippen molar-refractivity contribution in [1.82, 2.24) is 5.32 Å². The molecule has 2 atom stereocenters. The third-order valence-corrected chi connectivity index (χ3v) is 3.07. The summed E-state index contributed by atoms with van der Waals surface area (Å²) in [7, 11) is 0. The fourth-order valence-electron chi connectivity index (χ4n) is 2.22. The fraction of sp³-hybridized carbons (Fsp3) is 1.00. The van der Waals surface area contributed by atoms with Crippen molar-refractivity contribution in [2.75, 3.05) is 13.2 Å². The van der Waals surface area contributed by atoms with Gasteiger partial charge in [0.2, 0.25) is 5.92 Å². The molecular weight excluding hydrogens is 188 g/mol. The summed E-state index contributed by atoms with van der Waals surface area (Å²) in [4.78, 5) is 0. The summed E-state index contributed by atoms with van der Waals surface area (Å²) < 4.78 is 30.4. The Balaban J connectivity index is 1.60. The summed E-state index contributed by atoms with van der Waals surface area (Å²) in [6, 6.07) is 0.374. The smallest absolute Gasteiger partial charge is 0.248 e. The van der Waals surface area contributed by atoms with Crippen LogP contribution in [-0.4, -0.2) is 31.2 Å². The van der Waals surface area contributed by atoms with Gasteiger partial charge < -0.3 is 10.1 Å². The SMILES string of the molecule is CC1CC(NCC2CC(F)(F)C2)CO1. The van der Waals surface area contributed by atoms with Crippen molar-refractivity contribution in [2.24, 2.45) is 5.92 Å². The Morgan fingerprint density at radius 2 is 2.14 bits per heavy atom. The first-order valence-corrected chi connectivity index (χ1v) is 5.28. The quantitative estimate of drug-likeness (QED) is 0.758. The van der Waals surface area contributed by atoms with Crippen LogP contribution in [-0.2, 0) is 4.74 Å². The van der Waals surface area contributed by atoms with Crippen LogP contribution in [0.2, 0.25) is 0 Å².